The van der Waals surface area contributed by atoms with Gasteiger partial charge >= 0.3 is 5.97 Å². The van der Waals surface area contributed by atoms with Crippen molar-refractivity contribution in [2.75, 3.05) is 0 Å². The Bertz CT molecular complexity index is 756. The largest absolute Gasteiger partial charge is 0.480 e. The molecule has 2 heterocycles. The van der Waals surface area contributed by atoms with Crippen molar-refractivity contribution >= 4 is 45.9 Å². The normalized spacial score (nSPS) is 12.4. The summed E-state index contributed by atoms with van der Waals surface area (Å²) < 4.78 is 1.73. The Hall–Kier alpha value is -2.30. The van der Waals surface area contributed by atoms with E-state index in [0.717, 1.165) is 0 Å². The fourth-order valence-corrected chi connectivity index (χ4v) is 2.62. The van der Waals surface area contributed by atoms with Gasteiger partial charge in [0.2, 0.25) is 5.91 Å². The van der Waals surface area contributed by atoms with Crippen LogP contribution in [0.5, 0.6) is 0 Å². The van der Waals surface area contributed by atoms with Crippen LogP contribution < -0.4 is 5.32 Å². The number of terminal acetylenes is 1. The predicted octanol–water partition coefficient (Wildman–Crippen LogP) is 1.66. The Balaban J connectivity index is 2.12. The molecule has 0 fully saturated rings. The number of thiazole rings is 1. The quantitative estimate of drug-likeness (QED) is 0.647. The van der Waals surface area contributed by atoms with Crippen molar-refractivity contribution in [2.24, 2.45) is 0 Å². The fourth-order valence-electron chi connectivity index (χ4n) is 1.62. The topological polar surface area (TPSA) is 83.7 Å². The first-order chi connectivity index (χ1) is 10.0. The number of carbonyl (C=O) groups excluding carboxylic acids is 1. The number of carboxylic acids is 1. The summed E-state index contributed by atoms with van der Waals surface area (Å²) in [5.41, 5.74) is 0.548. The summed E-state index contributed by atoms with van der Waals surface area (Å²) in [7, 11) is 0. The van der Waals surface area contributed by atoms with Crippen molar-refractivity contribution in [3.8, 4) is 12.3 Å². The van der Waals surface area contributed by atoms with E-state index < -0.39 is 17.9 Å². The van der Waals surface area contributed by atoms with Crippen molar-refractivity contribution in [1.29, 1.82) is 0 Å². The SMILES string of the molecule is C#CCC(NC(=O)/C=C/c1c(Cl)nc2sccn12)C(=O)O. The van der Waals surface area contributed by atoms with Crippen LogP contribution >= 0.6 is 22.9 Å². The van der Waals surface area contributed by atoms with Gasteiger partial charge in [-0.3, -0.25) is 9.20 Å². The third-order valence-corrected chi connectivity index (χ3v) is 3.62. The molecule has 6 nitrogen and oxygen atoms in total. The zero-order chi connectivity index (χ0) is 15.4. The average molecular weight is 324 g/mol. The van der Waals surface area contributed by atoms with Crippen molar-refractivity contribution in [3.05, 3.63) is 28.5 Å². The van der Waals surface area contributed by atoms with E-state index in [1.165, 1.54) is 23.5 Å². The third kappa shape index (κ3) is 3.42. The van der Waals surface area contributed by atoms with Gasteiger partial charge in [0.1, 0.15) is 6.04 Å². The Kier molecular flexibility index (Phi) is 4.62. The molecule has 0 bridgehead atoms. The molecular weight excluding hydrogens is 314 g/mol. The number of halogens is 1. The number of aromatic nitrogens is 2. The summed E-state index contributed by atoms with van der Waals surface area (Å²) in [6.45, 7) is 0. The van der Waals surface area contributed by atoms with Gasteiger partial charge < -0.3 is 10.4 Å². The number of amides is 1. The lowest BCUT2D eigenvalue weighted by atomic mass is 10.2. The highest BCUT2D eigenvalue weighted by molar-refractivity contribution is 7.15. The van der Waals surface area contributed by atoms with E-state index >= 15 is 0 Å². The second kappa shape index (κ2) is 6.43. The third-order valence-electron chi connectivity index (χ3n) is 2.58. The molecule has 8 heteroatoms. The summed E-state index contributed by atoms with van der Waals surface area (Å²) in [6, 6.07) is -1.12. The van der Waals surface area contributed by atoms with E-state index in [-0.39, 0.29) is 11.6 Å². The van der Waals surface area contributed by atoms with E-state index in [1.54, 1.807) is 10.6 Å². The minimum Gasteiger partial charge on any atom is -0.480 e. The Labute approximate surface area is 129 Å². The molecule has 1 unspecified atom stereocenters. The van der Waals surface area contributed by atoms with Crippen LogP contribution in [-0.2, 0) is 9.59 Å². The molecular formula is C13H10ClN3O3S. The first-order valence-electron chi connectivity index (χ1n) is 5.79. The van der Waals surface area contributed by atoms with Gasteiger partial charge in [-0.2, -0.15) is 0 Å². The van der Waals surface area contributed by atoms with E-state index in [1.807, 2.05) is 5.38 Å². The van der Waals surface area contributed by atoms with Gasteiger partial charge in [-0.1, -0.05) is 11.6 Å². The van der Waals surface area contributed by atoms with Crippen LogP contribution in [-0.4, -0.2) is 32.4 Å². The lowest BCUT2D eigenvalue weighted by Gasteiger charge is -2.09. The highest BCUT2D eigenvalue weighted by Gasteiger charge is 2.17. The van der Waals surface area contributed by atoms with Crippen LogP contribution in [0.25, 0.3) is 11.0 Å². The molecule has 0 aromatic carbocycles. The van der Waals surface area contributed by atoms with Gasteiger partial charge in [0.25, 0.3) is 0 Å². The smallest absolute Gasteiger partial charge is 0.327 e. The molecule has 0 saturated carbocycles. The van der Waals surface area contributed by atoms with Gasteiger partial charge in [-0.25, -0.2) is 9.78 Å². The Morgan fingerprint density at radius 2 is 2.43 bits per heavy atom. The maximum Gasteiger partial charge on any atom is 0.327 e. The van der Waals surface area contributed by atoms with Crippen LogP contribution in [0, 0.1) is 12.3 Å². The summed E-state index contributed by atoms with van der Waals surface area (Å²) in [5, 5.41) is 13.3. The van der Waals surface area contributed by atoms with Crippen LogP contribution in [0.3, 0.4) is 0 Å². The van der Waals surface area contributed by atoms with Gasteiger partial charge in [-0.15, -0.1) is 23.7 Å². The molecule has 0 aliphatic heterocycles. The second-order valence-corrected chi connectivity index (χ2v) is 5.22. The highest BCUT2D eigenvalue weighted by atomic mass is 35.5. The summed E-state index contributed by atoms with van der Waals surface area (Å²) >= 11 is 7.38. The minimum atomic E-state index is -1.18. The lowest BCUT2D eigenvalue weighted by molar-refractivity contribution is -0.141. The van der Waals surface area contributed by atoms with Crippen LogP contribution in [0.4, 0.5) is 0 Å². The molecule has 21 heavy (non-hydrogen) atoms. The first kappa shape index (κ1) is 15.1. The van der Waals surface area contributed by atoms with Crippen LogP contribution in [0.1, 0.15) is 12.1 Å². The van der Waals surface area contributed by atoms with Gasteiger partial charge in [0.15, 0.2) is 10.1 Å². The number of nitrogens with zero attached hydrogens (tertiary/aromatic N) is 2. The minimum absolute atomic E-state index is 0.0862. The number of rotatable bonds is 5. The van der Waals surface area contributed by atoms with E-state index in [0.29, 0.717) is 10.7 Å². The number of hydrogen-bond donors (Lipinski definition) is 2. The summed E-state index contributed by atoms with van der Waals surface area (Å²) in [5.74, 6) is 0.447. The lowest BCUT2D eigenvalue weighted by Crippen LogP contribution is -2.39. The van der Waals surface area contributed by atoms with Gasteiger partial charge in [-0.05, 0) is 6.08 Å². The maximum atomic E-state index is 11.7. The molecule has 2 aromatic heterocycles. The van der Waals surface area contributed by atoms with Gasteiger partial charge in [0, 0.05) is 24.1 Å². The maximum absolute atomic E-state index is 11.7. The molecule has 1 atom stereocenters. The summed E-state index contributed by atoms with van der Waals surface area (Å²) in [4.78, 5) is 27.4. The molecule has 2 rings (SSSR count). The number of hydrogen-bond acceptors (Lipinski definition) is 4. The average Bonchev–Trinajstić information content (AvgIpc) is 2.96. The highest BCUT2D eigenvalue weighted by Crippen LogP contribution is 2.22. The Morgan fingerprint density at radius 3 is 3.10 bits per heavy atom. The van der Waals surface area contributed by atoms with Gasteiger partial charge in [0.05, 0.1) is 5.69 Å². The molecule has 108 valence electrons. The van der Waals surface area contributed by atoms with E-state index in [2.05, 4.69) is 16.2 Å². The zero-order valence-electron chi connectivity index (χ0n) is 10.6. The Morgan fingerprint density at radius 1 is 1.67 bits per heavy atom. The molecule has 0 aliphatic carbocycles. The number of imidazole rings is 1. The molecule has 0 saturated heterocycles. The zero-order valence-corrected chi connectivity index (χ0v) is 12.2. The number of aliphatic carboxylic acids is 1. The standard InChI is InChI=1S/C13H10ClN3O3S/c1-2-3-8(12(19)20)15-10(18)5-4-9-11(14)16-13-17(9)6-7-21-13/h1,4-8H,3H2,(H,15,18)(H,19,20)/b5-4+. The monoisotopic (exact) mass is 323 g/mol. The molecule has 0 aliphatic rings. The fraction of sp³-hybridized carbons (Fsp3) is 0.154. The van der Waals surface area contributed by atoms with Crippen molar-refractivity contribution in [1.82, 2.24) is 14.7 Å². The molecule has 2 N–H and O–H groups in total. The number of carbonyl (C=O) groups is 2. The number of fused-ring (bicyclic) bond motifs is 1. The van der Waals surface area contributed by atoms with Crippen LogP contribution in [0.15, 0.2) is 17.7 Å². The first-order valence-corrected chi connectivity index (χ1v) is 7.04. The summed E-state index contributed by atoms with van der Waals surface area (Å²) in [6.07, 6.45) is 9.41. The molecule has 2 aromatic rings. The van der Waals surface area contributed by atoms with Crippen molar-refractivity contribution in [3.63, 3.8) is 0 Å². The van der Waals surface area contributed by atoms with Crippen molar-refractivity contribution < 1.29 is 14.7 Å². The van der Waals surface area contributed by atoms with E-state index in [9.17, 15) is 9.59 Å². The van der Waals surface area contributed by atoms with Crippen molar-refractivity contribution in [2.45, 2.75) is 12.5 Å². The number of carboxylic acid groups (broad SMARTS) is 1. The number of nitrogens with one attached hydrogen (secondary N) is 1. The second-order valence-electron chi connectivity index (χ2n) is 3.98. The predicted molar refractivity (Wildman–Crippen MR) is 80.1 cm³/mol. The van der Waals surface area contributed by atoms with Crippen LogP contribution in [0.2, 0.25) is 5.15 Å². The molecule has 0 spiro atoms. The van der Waals surface area contributed by atoms with E-state index in [4.69, 9.17) is 23.1 Å². The molecule has 1 amide bonds. The molecule has 0 radical (unpaired) electrons.